The number of methoxy groups -OCH3 is 1. The molecule has 0 saturated heterocycles. The molecule has 0 spiro atoms. The molecular formula is C28H22O3S. The molecule has 1 aliphatic rings. The van der Waals surface area contributed by atoms with Crippen molar-refractivity contribution in [3.63, 3.8) is 0 Å². The van der Waals surface area contributed by atoms with Gasteiger partial charge in [0.1, 0.15) is 17.2 Å². The molecule has 3 aromatic carbocycles. The van der Waals surface area contributed by atoms with Crippen LogP contribution in [0.25, 0.3) is 6.08 Å². The number of ether oxygens (including phenoxy) is 2. The van der Waals surface area contributed by atoms with Crippen molar-refractivity contribution in [2.24, 2.45) is 0 Å². The lowest BCUT2D eigenvalue weighted by Crippen LogP contribution is -2.02. The fraction of sp³-hybridized carbons (Fsp3) is 0.107. The summed E-state index contributed by atoms with van der Waals surface area (Å²) in [5.74, 6) is 1.89. The first-order chi connectivity index (χ1) is 15.7. The summed E-state index contributed by atoms with van der Waals surface area (Å²) in [7, 11) is 1.63. The molecule has 32 heavy (non-hydrogen) atoms. The van der Waals surface area contributed by atoms with E-state index in [-0.39, 0.29) is 11.7 Å². The quantitative estimate of drug-likeness (QED) is 0.307. The molecule has 1 aromatic heterocycles. The zero-order valence-corrected chi connectivity index (χ0v) is 18.7. The molecule has 0 aliphatic heterocycles. The fourth-order valence-corrected chi connectivity index (χ4v) is 5.03. The number of hydrogen-bond acceptors (Lipinski definition) is 4. The minimum absolute atomic E-state index is 0.0192. The average molecular weight is 439 g/mol. The van der Waals surface area contributed by atoms with Crippen molar-refractivity contribution in [2.45, 2.75) is 12.8 Å². The summed E-state index contributed by atoms with van der Waals surface area (Å²) in [5, 5.41) is 2.06. The summed E-state index contributed by atoms with van der Waals surface area (Å²) < 4.78 is 11.4. The molecule has 4 heteroatoms. The molecule has 0 radical (unpaired) electrons. The van der Waals surface area contributed by atoms with Gasteiger partial charge >= 0.3 is 0 Å². The van der Waals surface area contributed by atoms with Crippen LogP contribution in [0.3, 0.4) is 0 Å². The second-order valence-electron chi connectivity index (χ2n) is 7.74. The first-order valence-corrected chi connectivity index (χ1v) is 11.3. The van der Waals surface area contributed by atoms with Gasteiger partial charge < -0.3 is 9.47 Å². The minimum Gasteiger partial charge on any atom is -0.497 e. The third-order valence-corrected chi connectivity index (χ3v) is 6.74. The van der Waals surface area contributed by atoms with Crippen molar-refractivity contribution < 1.29 is 14.3 Å². The van der Waals surface area contributed by atoms with E-state index in [0.29, 0.717) is 17.1 Å². The molecule has 5 rings (SSSR count). The standard InChI is InChI=1S/C28H22O3S/c1-18-15-16-32-25(18)17-23-26(19-7-4-3-5-8-19)22-9-6-10-24(27(22)28(23)29)31-21-13-11-20(30-2)12-14-21/h3-17,26H,1-2H3/b23-17-. The Morgan fingerprint density at radius 1 is 0.875 bits per heavy atom. The average Bonchev–Trinajstić information content (AvgIpc) is 3.36. The summed E-state index contributed by atoms with van der Waals surface area (Å²) in [6.07, 6.45) is 2.05. The van der Waals surface area contributed by atoms with Gasteiger partial charge in [-0.25, -0.2) is 0 Å². The Morgan fingerprint density at radius 2 is 1.62 bits per heavy atom. The van der Waals surface area contributed by atoms with Crippen molar-refractivity contribution >= 4 is 23.2 Å². The molecule has 3 nitrogen and oxygen atoms in total. The van der Waals surface area contributed by atoms with Crippen LogP contribution in [0.15, 0.2) is 89.8 Å². The number of benzene rings is 3. The largest absolute Gasteiger partial charge is 0.497 e. The van der Waals surface area contributed by atoms with E-state index in [1.165, 1.54) is 5.56 Å². The Hall–Kier alpha value is -3.63. The summed E-state index contributed by atoms with van der Waals surface area (Å²) in [4.78, 5) is 14.9. The van der Waals surface area contributed by atoms with Gasteiger partial charge in [-0.05, 0) is 71.5 Å². The Morgan fingerprint density at radius 3 is 2.31 bits per heavy atom. The van der Waals surface area contributed by atoms with Crippen LogP contribution < -0.4 is 9.47 Å². The van der Waals surface area contributed by atoms with Crippen LogP contribution in [-0.4, -0.2) is 12.9 Å². The summed E-state index contributed by atoms with van der Waals surface area (Å²) in [6, 6.07) is 25.5. The number of Topliss-reactive ketones (excluding diaryl/α,β-unsaturated/α-hetero) is 1. The highest BCUT2D eigenvalue weighted by Gasteiger charge is 2.38. The molecule has 0 bridgehead atoms. The maximum atomic E-state index is 13.8. The van der Waals surface area contributed by atoms with E-state index < -0.39 is 0 Å². The van der Waals surface area contributed by atoms with Crippen LogP contribution in [0.5, 0.6) is 17.2 Å². The van der Waals surface area contributed by atoms with Gasteiger partial charge in [-0.15, -0.1) is 11.3 Å². The van der Waals surface area contributed by atoms with E-state index >= 15 is 0 Å². The summed E-state index contributed by atoms with van der Waals surface area (Å²) in [6.45, 7) is 2.07. The molecule has 1 aliphatic carbocycles. The van der Waals surface area contributed by atoms with Crippen LogP contribution in [-0.2, 0) is 0 Å². The van der Waals surface area contributed by atoms with Gasteiger partial charge in [0.05, 0.1) is 12.7 Å². The van der Waals surface area contributed by atoms with Gasteiger partial charge in [-0.1, -0.05) is 42.5 Å². The van der Waals surface area contributed by atoms with Gasteiger partial charge in [-0.3, -0.25) is 4.79 Å². The van der Waals surface area contributed by atoms with Crippen molar-refractivity contribution in [1.29, 1.82) is 0 Å². The lowest BCUT2D eigenvalue weighted by atomic mass is 9.89. The van der Waals surface area contributed by atoms with E-state index in [9.17, 15) is 4.79 Å². The Bertz CT molecular complexity index is 1300. The van der Waals surface area contributed by atoms with Crippen LogP contribution in [0.4, 0.5) is 0 Å². The molecule has 1 atom stereocenters. The third-order valence-electron chi connectivity index (χ3n) is 5.78. The SMILES string of the molecule is COc1ccc(Oc2cccc3c2C(=O)/C(=C\c2sccc2C)C3c2ccccc2)cc1. The van der Waals surface area contributed by atoms with Crippen LogP contribution in [0.1, 0.15) is 37.8 Å². The molecule has 0 amide bonds. The topological polar surface area (TPSA) is 35.5 Å². The van der Waals surface area contributed by atoms with Crippen LogP contribution >= 0.6 is 11.3 Å². The number of thiophene rings is 1. The van der Waals surface area contributed by atoms with Gasteiger partial charge in [0.25, 0.3) is 0 Å². The van der Waals surface area contributed by atoms with E-state index in [1.54, 1.807) is 18.4 Å². The highest BCUT2D eigenvalue weighted by molar-refractivity contribution is 7.11. The number of allylic oxidation sites excluding steroid dienone is 1. The van der Waals surface area contributed by atoms with Crippen molar-refractivity contribution in [1.82, 2.24) is 0 Å². The number of ketones is 1. The number of fused-ring (bicyclic) bond motifs is 1. The van der Waals surface area contributed by atoms with Crippen LogP contribution in [0, 0.1) is 6.92 Å². The highest BCUT2D eigenvalue weighted by Crippen LogP contribution is 2.47. The first-order valence-electron chi connectivity index (χ1n) is 10.5. The number of carbonyl (C=O) groups excluding carboxylic acids is 1. The molecule has 1 heterocycles. The van der Waals surface area contributed by atoms with Gasteiger partial charge in [0, 0.05) is 16.4 Å². The predicted molar refractivity (Wildman–Crippen MR) is 129 cm³/mol. The molecule has 0 saturated carbocycles. The normalized spacial score (nSPS) is 16.2. The Kier molecular flexibility index (Phi) is 5.38. The van der Waals surface area contributed by atoms with E-state index in [4.69, 9.17) is 9.47 Å². The monoisotopic (exact) mass is 438 g/mol. The Labute approximate surface area is 191 Å². The second kappa shape index (κ2) is 8.48. The summed E-state index contributed by atoms with van der Waals surface area (Å²) >= 11 is 1.65. The molecule has 0 N–H and O–H groups in total. The summed E-state index contributed by atoms with van der Waals surface area (Å²) in [5.41, 5.74) is 4.67. The third kappa shape index (κ3) is 3.63. The van der Waals surface area contributed by atoms with E-state index in [2.05, 4.69) is 36.6 Å². The van der Waals surface area contributed by atoms with Gasteiger partial charge in [-0.2, -0.15) is 0 Å². The van der Waals surface area contributed by atoms with Crippen molar-refractivity contribution in [3.8, 4) is 17.2 Å². The first kappa shape index (κ1) is 20.3. The zero-order chi connectivity index (χ0) is 22.1. The number of carbonyl (C=O) groups is 1. The maximum absolute atomic E-state index is 13.8. The fourth-order valence-electron chi connectivity index (χ4n) is 4.16. The van der Waals surface area contributed by atoms with Gasteiger partial charge in [0.15, 0.2) is 5.78 Å². The second-order valence-corrected chi connectivity index (χ2v) is 8.69. The minimum atomic E-state index is -0.125. The Balaban J connectivity index is 1.63. The van der Waals surface area contributed by atoms with Crippen molar-refractivity contribution in [2.75, 3.05) is 7.11 Å². The van der Waals surface area contributed by atoms with E-state index in [1.807, 2.05) is 60.7 Å². The molecule has 158 valence electrons. The lowest BCUT2D eigenvalue weighted by Gasteiger charge is -2.14. The maximum Gasteiger partial charge on any atom is 0.194 e. The van der Waals surface area contributed by atoms with E-state index in [0.717, 1.165) is 27.3 Å². The molecular weight excluding hydrogens is 416 g/mol. The predicted octanol–water partition coefficient (Wildman–Crippen LogP) is 7.27. The molecule has 4 aromatic rings. The molecule has 0 fully saturated rings. The molecule has 1 unspecified atom stereocenters. The van der Waals surface area contributed by atoms with Gasteiger partial charge in [0.2, 0.25) is 0 Å². The smallest absolute Gasteiger partial charge is 0.194 e. The zero-order valence-electron chi connectivity index (χ0n) is 17.9. The highest BCUT2D eigenvalue weighted by atomic mass is 32.1. The van der Waals surface area contributed by atoms with Crippen molar-refractivity contribution in [3.05, 3.63) is 117 Å². The number of aryl methyl sites for hydroxylation is 1. The number of rotatable bonds is 5. The number of hydrogen-bond donors (Lipinski definition) is 0. The lowest BCUT2D eigenvalue weighted by molar-refractivity contribution is 0.103. The van der Waals surface area contributed by atoms with Crippen LogP contribution in [0.2, 0.25) is 0 Å².